The van der Waals surface area contributed by atoms with Crippen molar-refractivity contribution in [2.45, 2.75) is 12.8 Å². The summed E-state index contributed by atoms with van der Waals surface area (Å²) in [5.41, 5.74) is 0.315. The normalized spacial score (nSPS) is 16.1. The van der Waals surface area contributed by atoms with Gasteiger partial charge in [-0.25, -0.2) is 0 Å². The lowest BCUT2D eigenvalue weighted by molar-refractivity contribution is -0.115. The first-order valence-electron chi connectivity index (χ1n) is 5.09. The van der Waals surface area contributed by atoms with Crippen LogP contribution in [0.15, 0.2) is 18.2 Å². The summed E-state index contributed by atoms with van der Waals surface area (Å²) in [6.45, 7) is 0. The number of hydrogen-bond donors (Lipinski definition) is 1. The topological polar surface area (TPSA) is 37.3 Å². The molecular weight excluding hydrogens is 282 g/mol. The van der Waals surface area contributed by atoms with E-state index in [1.807, 2.05) is 0 Å². The van der Waals surface area contributed by atoms with Crippen molar-refractivity contribution in [1.29, 1.82) is 0 Å². The molecule has 1 fully saturated rings. The molecule has 0 aliphatic heterocycles. The molecule has 0 bridgehead atoms. The summed E-state index contributed by atoms with van der Waals surface area (Å²) in [5, 5.41) is 10.4. The monoisotopic (exact) mass is 290 g/mol. The molecule has 90 valence electrons. The van der Waals surface area contributed by atoms with Crippen LogP contribution in [0, 0.1) is 5.92 Å². The van der Waals surface area contributed by atoms with E-state index < -0.39 is 0 Å². The smallest absolute Gasteiger partial charge is 0.162 e. The number of ketones is 1. The van der Waals surface area contributed by atoms with Crippen molar-refractivity contribution in [3.05, 3.63) is 38.8 Å². The van der Waals surface area contributed by atoms with Gasteiger partial charge < -0.3 is 5.11 Å². The van der Waals surface area contributed by atoms with Crippen molar-refractivity contribution in [3.63, 3.8) is 0 Å². The molecule has 1 N–H and O–H groups in total. The second-order valence-corrected chi connectivity index (χ2v) is 5.09. The van der Waals surface area contributed by atoms with E-state index in [9.17, 15) is 9.90 Å². The third-order valence-electron chi connectivity index (χ3n) is 2.57. The van der Waals surface area contributed by atoms with E-state index in [1.54, 1.807) is 0 Å². The fourth-order valence-corrected chi connectivity index (χ4v) is 2.05. The van der Waals surface area contributed by atoms with E-state index in [2.05, 4.69) is 0 Å². The first kappa shape index (κ1) is 12.7. The van der Waals surface area contributed by atoms with Gasteiger partial charge in [0.1, 0.15) is 5.76 Å². The minimum Gasteiger partial charge on any atom is -0.507 e. The maximum atomic E-state index is 11.5. The molecule has 1 aliphatic rings. The van der Waals surface area contributed by atoms with Crippen molar-refractivity contribution < 1.29 is 9.90 Å². The van der Waals surface area contributed by atoms with Gasteiger partial charge in [0.05, 0.1) is 15.1 Å². The van der Waals surface area contributed by atoms with Crippen LogP contribution < -0.4 is 0 Å². The Morgan fingerprint density at radius 3 is 2.47 bits per heavy atom. The Bertz CT molecular complexity index is 505. The Morgan fingerprint density at radius 1 is 1.24 bits per heavy atom. The minimum atomic E-state index is -0.175. The highest BCUT2D eigenvalue weighted by molar-refractivity contribution is 6.48. The third-order valence-corrected chi connectivity index (χ3v) is 3.86. The first-order valence-corrected chi connectivity index (χ1v) is 6.22. The molecule has 0 spiro atoms. The van der Waals surface area contributed by atoms with Gasteiger partial charge in [-0.05, 0) is 25.0 Å². The molecule has 0 amide bonds. The molecule has 0 radical (unpaired) electrons. The average Bonchev–Trinajstić information content (AvgIpc) is 3.09. The largest absolute Gasteiger partial charge is 0.507 e. The summed E-state index contributed by atoms with van der Waals surface area (Å²) >= 11 is 17.6. The number of hydrogen-bond acceptors (Lipinski definition) is 2. The molecule has 2 nitrogen and oxygen atoms in total. The van der Waals surface area contributed by atoms with Gasteiger partial charge in [-0.3, -0.25) is 4.79 Å². The Kier molecular flexibility index (Phi) is 3.67. The van der Waals surface area contributed by atoms with Gasteiger partial charge in [0.15, 0.2) is 5.78 Å². The molecule has 1 saturated carbocycles. The second-order valence-electron chi connectivity index (χ2n) is 3.93. The van der Waals surface area contributed by atoms with E-state index in [0.29, 0.717) is 10.6 Å². The van der Waals surface area contributed by atoms with Crippen LogP contribution in [-0.4, -0.2) is 10.9 Å². The van der Waals surface area contributed by atoms with E-state index in [1.165, 1.54) is 18.2 Å². The standard InChI is InChI=1S/C12H9Cl3O2/c13-8-4-3-7(11(14)12(8)15)10(17)5-9(16)6-1-2-6/h3-6,17H,1-2H2/b10-5-. The quantitative estimate of drug-likeness (QED) is 0.505. The lowest BCUT2D eigenvalue weighted by Crippen LogP contribution is -1.97. The molecule has 17 heavy (non-hydrogen) atoms. The van der Waals surface area contributed by atoms with Crippen LogP contribution in [0.25, 0.3) is 5.76 Å². The first-order chi connectivity index (χ1) is 8.00. The molecular formula is C12H9Cl3O2. The number of carbonyl (C=O) groups excluding carboxylic acids is 1. The van der Waals surface area contributed by atoms with Gasteiger partial charge >= 0.3 is 0 Å². The van der Waals surface area contributed by atoms with Gasteiger partial charge in [-0.1, -0.05) is 34.8 Å². The second kappa shape index (κ2) is 4.89. The van der Waals surface area contributed by atoms with Crippen LogP contribution in [0.2, 0.25) is 15.1 Å². The molecule has 0 atom stereocenters. The van der Waals surface area contributed by atoms with Crippen LogP contribution in [-0.2, 0) is 4.79 Å². The van der Waals surface area contributed by atoms with Gasteiger partial charge in [-0.2, -0.15) is 0 Å². The molecule has 5 heteroatoms. The maximum Gasteiger partial charge on any atom is 0.162 e. The summed E-state index contributed by atoms with van der Waals surface area (Å²) < 4.78 is 0. The number of allylic oxidation sites excluding steroid dienone is 1. The Labute approximate surface area is 114 Å². The molecule has 1 aliphatic carbocycles. The summed E-state index contributed by atoms with van der Waals surface area (Å²) in [4.78, 5) is 11.5. The highest BCUT2D eigenvalue weighted by atomic mass is 35.5. The van der Waals surface area contributed by atoms with E-state index in [0.717, 1.165) is 12.8 Å². The number of aliphatic hydroxyl groups is 1. The molecule has 1 aromatic carbocycles. The number of benzene rings is 1. The number of carbonyl (C=O) groups is 1. The van der Waals surface area contributed by atoms with Gasteiger partial charge in [0, 0.05) is 17.6 Å². The van der Waals surface area contributed by atoms with Crippen LogP contribution in [0.3, 0.4) is 0 Å². The zero-order valence-corrected chi connectivity index (χ0v) is 11.0. The number of aliphatic hydroxyl groups excluding tert-OH is 1. The molecule has 2 rings (SSSR count). The predicted molar refractivity (Wildman–Crippen MR) is 69.8 cm³/mol. The lowest BCUT2D eigenvalue weighted by atomic mass is 10.1. The van der Waals surface area contributed by atoms with E-state index >= 15 is 0 Å². The van der Waals surface area contributed by atoms with Gasteiger partial charge in [-0.15, -0.1) is 0 Å². The van der Waals surface area contributed by atoms with Crippen molar-refractivity contribution >= 4 is 46.3 Å². The van der Waals surface area contributed by atoms with Crippen LogP contribution in [0.1, 0.15) is 18.4 Å². The van der Waals surface area contributed by atoms with E-state index in [-0.39, 0.29) is 27.5 Å². The number of halogens is 3. The van der Waals surface area contributed by atoms with Gasteiger partial charge in [0.25, 0.3) is 0 Å². The molecule has 0 aromatic heterocycles. The Hall–Kier alpha value is -0.700. The summed E-state index contributed by atoms with van der Waals surface area (Å²) in [6, 6.07) is 3.05. The summed E-state index contributed by atoms with van der Waals surface area (Å²) in [5.74, 6) is -0.200. The third kappa shape index (κ3) is 2.76. The van der Waals surface area contributed by atoms with E-state index in [4.69, 9.17) is 34.8 Å². The zero-order valence-electron chi connectivity index (χ0n) is 8.71. The highest BCUT2D eigenvalue weighted by Crippen LogP contribution is 2.36. The Balaban J connectivity index is 2.33. The molecule has 0 unspecified atom stereocenters. The van der Waals surface area contributed by atoms with Crippen LogP contribution in [0.4, 0.5) is 0 Å². The summed E-state index contributed by atoms with van der Waals surface area (Å²) in [6.07, 6.45) is 2.97. The van der Waals surface area contributed by atoms with Crippen LogP contribution in [0.5, 0.6) is 0 Å². The molecule has 1 aromatic rings. The van der Waals surface area contributed by atoms with Crippen molar-refractivity contribution in [2.24, 2.45) is 5.92 Å². The molecule has 0 heterocycles. The van der Waals surface area contributed by atoms with Crippen molar-refractivity contribution in [1.82, 2.24) is 0 Å². The molecule has 0 saturated heterocycles. The maximum absolute atomic E-state index is 11.5. The SMILES string of the molecule is O=C(/C=C(\O)c1ccc(Cl)c(Cl)c1Cl)C1CC1. The number of rotatable bonds is 3. The van der Waals surface area contributed by atoms with Crippen molar-refractivity contribution in [3.8, 4) is 0 Å². The lowest BCUT2D eigenvalue weighted by Gasteiger charge is -2.06. The Morgan fingerprint density at radius 2 is 1.88 bits per heavy atom. The predicted octanol–water partition coefficient (Wildman–Crippen LogP) is 4.52. The van der Waals surface area contributed by atoms with Crippen molar-refractivity contribution in [2.75, 3.05) is 0 Å². The van der Waals surface area contributed by atoms with Gasteiger partial charge in [0.2, 0.25) is 0 Å². The zero-order chi connectivity index (χ0) is 12.6. The fourth-order valence-electron chi connectivity index (χ4n) is 1.42. The highest BCUT2D eigenvalue weighted by Gasteiger charge is 2.28. The summed E-state index contributed by atoms with van der Waals surface area (Å²) in [7, 11) is 0. The minimum absolute atomic E-state index is 0.0543. The average molecular weight is 292 g/mol. The fraction of sp³-hybridized carbons (Fsp3) is 0.250. The van der Waals surface area contributed by atoms with Crippen LogP contribution >= 0.6 is 34.8 Å².